The van der Waals surface area contributed by atoms with Gasteiger partial charge in [-0.2, -0.15) is 5.10 Å². The number of hydrogen-bond donors (Lipinski definition) is 0. The normalized spacial score (nSPS) is 15.2. The lowest BCUT2D eigenvalue weighted by Crippen LogP contribution is -2.43. The van der Waals surface area contributed by atoms with Gasteiger partial charge in [0.05, 0.1) is 29.7 Å². The molecule has 6 rings (SSSR count). The number of carbonyl (C=O) groups is 2. The molecule has 8 heteroatoms. The van der Waals surface area contributed by atoms with Crippen LogP contribution in [0.4, 0.5) is 4.79 Å². The fourth-order valence-corrected chi connectivity index (χ4v) is 5.65. The second kappa shape index (κ2) is 13.2. The zero-order valence-electron chi connectivity index (χ0n) is 24.3. The highest BCUT2D eigenvalue weighted by molar-refractivity contribution is 6.33. The predicted octanol–water partition coefficient (Wildman–Crippen LogP) is 7.85. The Morgan fingerprint density at radius 1 is 0.932 bits per heavy atom. The number of hydrogen-bond acceptors (Lipinski definition) is 5. The lowest BCUT2D eigenvalue weighted by molar-refractivity contribution is -0.133. The molecule has 0 radical (unpaired) electrons. The molecular formula is C36H32ClN3O4. The highest BCUT2D eigenvalue weighted by atomic mass is 35.5. The Hall–Kier alpha value is -4.88. The number of amides is 2. The summed E-state index contributed by atoms with van der Waals surface area (Å²) in [5.74, 6) is -0.0374. The number of halogens is 1. The van der Waals surface area contributed by atoms with Crippen molar-refractivity contribution >= 4 is 23.6 Å². The van der Waals surface area contributed by atoms with Crippen molar-refractivity contribution in [1.29, 1.82) is 0 Å². The summed E-state index contributed by atoms with van der Waals surface area (Å²) >= 11 is 6.61. The first-order valence-electron chi connectivity index (χ1n) is 14.7. The molecule has 0 aliphatic carbocycles. The molecule has 0 unspecified atom stereocenters. The van der Waals surface area contributed by atoms with E-state index >= 15 is 0 Å². The summed E-state index contributed by atoms with van der Waals surface area (Å²) in [6.45, 7) is 2.30. The van der Waals surface area contributed by atoms with E-state index in [-0.39, 0.29) is 25.2 Å². The summed E-state index contributed by atoms with van der Waals surface area (Å²) in [5, 5.41) is 5.60. The molecule has 1 aliphatic heterocycles. The highest BCUT2D eigenvalue weighted by Crippen LogP contribution is 2.36. The van der Waals surface area contributed by atoms with Gasteiger partial charge < -0.3 is 9.47 Å². The van der Waals surface area contributed by atoms with Crippen LogP contribution >= 0.6 is 11.6 Å². The molecule has 1 aromatic heterocycles. The average molecular weight is 606 g/mol. The number of aromatic nitrogens is 2. The topological polar surface area (TPSA) is 73.7 Å². The van der Waals surface area contributed by atoms with Gasteiger partial charge in [-0.1, -0.05) is 97.4 Å². The van der Waals surface area contributed by atoms with Gasteiger partial charge in [0.2, 0.25) is 5.91 Å². The van der Waals surface area contributed by atoms with Crippen molar-refractivity contribution in [2.75, 3.05) is 13.2 Å². The Morgan fingerprint density at radius 3 is 2.34 bits per heavy atom. The molecule has 0 bridgehead atoms. The molecule has 1 saturated heterocycles. The van der Waals surface area contributed by atoms with Crippen LogP contribution in [0.25, 0.3) is 28.2 Å². The van der Waals surface area contributed by atoms with E-state index in [1.165, 1.54) is 4.90 Å². The van der Waals surface area contributed by atoms with Crippen LogP contribution in [0.3, 0.4) is 0 Å². The minimum absolute atomic E-state index is 0.196. The summed E-state index contributed by atoms with van der Waals surface area (Å²) in [6, 6.07) is 36.8. The lowest BCUT2D eigenvalue weighted by Gasteiger charge is -2.23. The zero-order valence-corrected chi connectivity index (χ0v) is 25.1. The van der Waals surface area contributed by atoms with Gasteiger partial charge in [0.15, 0.2) is 0 Å². The van der Waals surface area contributed by atoms with Gasteiger partial charge in [0.1, 0.15) is 12.4 Å². The van der Waals surface area contributed by atoms with E-state index in [4.69, 9.17) is 26.2 Å². The van der Waals surface area contributed by atoms with E-state index < -0.39 is 12.0 Å². The number of cyclic esters (lactones) is 1. The molecule has 44 heavy (non-hydrogen) atoms. The SMILES string of the molecule is C[C@H](CCOc1ccccc1-c1cc(-c2ccccc2Cl)n(-c2ccccc2)n1)C(=O)N1C(=O)OC[C@H]1Cc1ccccc1. The number of nitrogens with zero attached hydrogens (tertiary/aromatic N) is 3. The van der Waals surface area contributed by atoms with Gasteiger partial charge in [0, 0.05) is 22.1 Å². The summed E-state index contributed by atoms with van der Waals surface area (Å²) in [5.41, 5.74) is 5.23. The van der Waals surface area contributed by atoms with Crippen molar-refractivity contribution < 1.29 is 19.1 Å². The quantitative estimate of drug-likeness (QED) is 0.162. The molecule has 2 heterocycles. The first kappa shape index (κ1) is 29.2. The van der Waals surface area contributed by atoms with E-state index in [0.29, 0.717) is 23.6 Å². The molecule has 0 N–H and O–H groups in total. The Bertz CT molecular complexity index is 1760. The molecule has 5 aromatic rings. The van der Waals surface area contributed by atoms with E-state index in [2.05, 4.69) is 0 Å². The molecule has 2 amide bonds. The van der Waals surface area contributed by atoms with E-state index in [1.807, 2.05) is 127 Å². The second-order valence-electron chi connectivity index (χ2n) is 10.8. The van der Waals surface area contributed by atoms with Gasteiger partial charge in [-0.05, 0) is 54.8 Å². The monoisotopic (exact) mass is 605 g/mol. The van der Waals surface area contributed by atoms with Crippen LogP contribution in [0.15, 0.2) is 115 Å². The Balaban J connectivity index is 1.18. The molecule has 222 valence electrons. The first-order chi connectivity index (χ1) is 21.5. The van der Waals surface area contributed by atoms with Crippen molar-refractivity contribution in [3.05, 3.63) is 126 Å². The standard InChI is InChI=1S/C36H32ClN3O4/c1-25(35(41)39-28(24-44-36(39)42)22-26-12-4-2-5-13-26)20-21-43-34-19-11-9-17-30(34)32-23-33(29-16-8-10-18-31(29)37)40(38-32)27-14-6-3-7-15-27/h2-19,23,25,28H,20-22,24H2,1H3/t25-,28-/m1/s1. The molecule has 0 saturated carbocycles. The van der Waals surface area contributed by atoms with Crippen LogP contribution in [-0.4, -0.2) is 45.9 Å². The molecule has 1 fully saturated rings. The summed E-state index contributed by atoms with van der Waals surface area (Å²) in [6.07, 6.45) is 0.399. The Kier molecular flexibility index (Phi) is 8.75. The smallest absolute Gasteiger partial charge is 0.416 e. The fraction of sp³-hybridized carbons (Fsp3) is 0.194. The molecule has 4 aromatic carbocycles. The second-order valence-corrected chi connectivity index (χ2v) is 11.2. The van der Waals surface area contributed by atoms with Gasteiger partial charge in [-0.3, -0.25) is 4.79 Å². The molecule has 0 spiro atoms. The number of ether oxygens (including phenoxy) is 2. The Labute approximate surface area is 261 Å². The van der Waals surface area contributed by atoms with Crippen LogP contribution in [0, 0.1) is 5.92 Å². The zero-order chi connectivity index (χ0) is 30.5. The number of rotatable bonds is 10. The summed E-state index contributed by atoms with van der Waals surface area (Å²) in [4.78, 5) is 27.2. The highest BCUT2D eigenvalue weighted by Gasteiger charge is 2.39. The number of imide groups is 1. The number of benzene rings is 4. The third-order valence-corrected chi connectivity index (χ3v) is 8.10. The number of carbonyl (C=O) groups excluding carboxylic acids is 2. The minimum atomic E-state index is -0.586. The minimum Gasteiger partial charge on any atom is -0.493 e. The average Bonchev–Trinajstić information content (AvgIpc) is 3.65. The third-order valence-electron chi connectivity index (χ3n) is 7.77. The van der Waals surface area contributed by atoms with Crippen molar-refractivity contribution in [3.8, 4) is 34.0 Å². The first-order valence-corrected chi connectivity index (χ1v) is 15.0. The fourth-order valence-electron chi connectivity index (χ4n) is 5.42. The van der Waals surface area contributed by atoms with Gasteiger partial charge in [-0.25, -0.2) is 14.4 Å². The maximum Gasteiger partial charge on any atom is 0.416 e. The summed E-state index contributed by atoms with van der Waals surface area (Å²) < 4.78 is 13.4. The van der Waals surface area contributed by atoms with Crippen molar-refractivity contribution in [2.45, 2.75) is 25.8 Å². The van der Waals surface area contributed by atoms with Gasteiger partial charge in [-0.15, -0.1) is 0 Å². The van der Waals surface area contributed by atoms with Crippen LogP contribution in [0.1, 0.15) is 18.9 Å². The van der Waals surface area contributed by atoms with Crippen LogP contribution in [0.2, 0.25) is 5.02 Å². The predicted molar refractivity (Wildman–Crippen MR) is 171 cm³/mol. The van der Waals surface area contributed by atoms with Crippen molar-refractivity contribution in [1.82, 2.24) is 14.7 Å². The van der Waals surface area contributed by atoms with Gasteiger partial charge in [0.25, 0.3) is 0 Å². The third kappa shape index (κ3) is 6.24. The van der Waals surface area contributed by atoms with Crippen LogP contribution in [-0.2, 0) is 16.0 Å². The molecule has 1 aliphatic rings. The maximum absolute atomic E-state index is 13.4. The summed E-state index contributed by atoms with van der Waals surface area (Å²) in [7, 11) is 0. The van der Waals surface area contributed by atoms with Crippen LogP contribution in [0.5, 0.6) is 5.75 Å². The maximum atomic E-state index is 13.4. The molecule has 7 nitrogen and oxygen atoms in total. The Morgan fingerprint density at radius 2 is 1.59 bits per heavy atom. The number of para-hydroxylation sites is 2. The van der Waals surface area contributed by atoms with Crippen LogP contribution < -0.4 is 4.74 Å². The van der Waals surface area contributed by atoms with Crippen molar-refractivity contribution in [2.24, 2.45) is 5.92 Å². The van der Waals surface area contributed by atoms with E-state index in [9.17, 15) is 9.59 Å². The largest absolute Gasteiger partial charge is 0.493 e. The van der Waals surface area contributed by atoms with E-state index in [1.54, 1.807) is 0 Å². The lowest BCUT2D eigenvalue weighted by atomic mass is 10.0. The molecule has 2 atom stereocenters. The van der Waals surface area contributed by atoms with Crippen molar-refractivity contribution in [3.63, 3.8) is 0 Å². The van der Waals surface area contributed by atoms with Gasteiger partial charge >= 0.3 is 6.09 Å². The van der Waals surface area contributed by atoms with E-state index in [0.717, 1.165) is 33.8 Å². The molecular weight excluding hydrogens is 574 g/mol.